The molecule has 3 aromatic rings. The molecule has 1 aromatic carbocycles. The van der Waals surface area contributed by atoms with Crippen molar-refractivity contribution in [3.8, 4) is 17.3 Å². The highest BCUT2D eigenvalue weighted by molar-refractivity contribution is 5.92. The fourth-order valence-electron chi connectivity index (χ4n) is 7.89. The van der Waals surface area contributed by atoms with Gasteiger partial charge in [0.15, 0.2) is 5.82 Å². The van der Waals surface area contributed by atoms with Gasteiger partial charge >= 0.3 is 6.01 Å². The van der Waals surface area contributed by atoms with Crippen LogP contribution in [0.3, 0.4) is 0 Å². The third-order valence-electron chi connectivity index (χ3n) is 9.72. The molecule has 7 rings (SSSR count). The zero-order chi connectivity index (χ0) is 26.7. The van der Waals surface area contributed by atoms with Gasteiger partial charge in [-0.1, -0.05) is 26.0 Å². The van der Waals surface area contributed by atoms with Crippen LogP contribution in [0.4, 0.5) is 14.6 Å². The zero-order valence-electron chi connectivity index (χ0n) is 22.9. The molecule has 1 aliphatic carbocycles. The molecule has 5 heterocycles. The summed E-state index contributed by atoms with van der Waals surface area (Å²) >= 11 is 0. The van der Waals surface area contributed by atoms with Crippen molar-refractivity contribution in [3.05, 3.63) is 41.6 Å². The summed E-state index contributed by atoms with van der Waals surface area (Å²) in [6.45, 7) is 8.37. The highest BCUT2D eigenvalue weighted by atomic mass is 19.1. The van der Waals surface area contributed by atoms with E-state index < -0.39 is 5.82 Å². The summed E-state index contributed by atoms with van der Waals surface area (Å²) in [6.07, 6.45) is 9.99. The van der Waals surface area contributed by atoms with E-state index in [1.807, 2.05) is 13.8 Å². The minimum atomic E-state index is -0.546. The highest BCUT2D eigenvalue weighted by Crippen LogP contribution is 2.42. The Labute approximate surface area is 228 Å². The predicted octanol–water partition coefficient (Wildman–Crippen LogP) is 6.34. The van der Waals surface area contributed by atoms with E-state index >= 15 is 4.39 Å². The van der Waals surface area contributed by atoms with Crippen molar-refractivity contribution in [3.63, 3.8) is 0 Å². The van der Waals surface area contributed by atoms with Crippen molar-refractivity contribution < 1.29 is 13.5 Å². The molecule has 206 valence electrons. The molecule has 0 amide bonds. The molecule has 0 N–H and O–H groups in total. The van der Waals surface area contributed by atoms with Crippen molar-refractivity contribution in [1.82, 2.24) is 19.9 Å². The predicted molar refractivity (Wildman–Crippen MR) is 148 cm³/mol. The molecule has 2 unspecified atom stereocenters. The molecule has 0 radical (unpaired) electrons. The molecule has 3 aliphatic heterocycles. The number of ether oxygens (including phenoxy) is 1. The average molecular weight is 534 g/mol. The van der Waals surface area contributed by atoms with Crippen molar-refractivity contribution in [2.75, 3.05) is 37.7 Å². The van der Waals surface area contributed by atoms with Gasteiger partial charge in [0, 0.05) is 24.8 Å². The Morgan fingerprint density at radius 2 is 1.79 bits per heavy atom. The van der Waals surface area contributed by atoms with Crippen LogP contribution in [0.25, 0.3) is 22.2 Å². The Hall–Kier alpha value is -2.87. The number of fused-ring (bicyclic) bond motifs is 4. The summed E-state index contributed by atoms with van der Waals surface area (Å²) in [5.41, 5.74) is 1.29. The van der Waals surface area contributed by atoms with Crippen molar-refractivity contribution in [2.45, 2.75) is 70.3 Å². The number of nitrogens with zero attached hydrogens (tertiary/aromatic N) is 5. The van der Waals surface area contributed by atoms with Gasteiger partial charge in [-0.15, -0.1) is 0 Å². The Bertz CT molecular complexity index is 1390. The quantitative estimate of drug-likeness (QED) is 0.369. The normalized spacial score (nSPS) is 24.2. The number of hydrogen-bond acceptors (Lipinski definition) is 6. The van der Waals surface area contributed by atoms with Gasteiger partial charge in [0.2, 0.25) is 0 Å². The first-order chi connectivity index (χ1) is 18.9. The van der Waals surface area contributed by atoms with Crippen LogP contribution in [0.2, 0.25) is 0 Å². The van der Waals surface area contributed by atoms with E-state index in [2.05, 4.69) is 19.8 Å². The van der Waals surface area contributed by atoms with Gasteiger partial charge in [0.25, 0.3) is 0 Å². The molecule has 4 aliphatic rings. The van der Waals surface area contributed by atoms with Gasteiger partial charge in [-0.05, 0) is 87.4 Å². The minimum Gasteiger partial charge on any atom is -0.461 e. The lowest BCUT2D eigenvalue weighted by Gasteiger charge is -2.34. The zero-order valence-corrected chi connectivity index (χ0v) is 22.9. The van der Waals surface area contributed by atoms with Gasteiger partial charge in [0.05, 0.1) is 10.9 Å². The third-order valence-corrected chi connectivity index (χ3v) is 9.72. The van der Waals surface area contributed by atoms with Crippen molar-refractivity contribution in [1.29, 1.82) is 0 Å². The maximum Gasteiger partial charge on any atom is 0.319 e. The van der Waals surface area contributed by atoms with E-state index in [0.29, 0.717) is 40.8 Å². The van der Waals surface area contributed by atoms with Gasteiger partial charge in [0.1, 0.15) is 29.5 Å². The Balaban J connectivity index is 1.33. The summed E-state index contributed by atoms with van der Waals surface area (Å²) in [5, 5.41) is 0.592. The molecule has 2 aromatic heterocycles. The molecule has 3 saturated heterocycles. The maximum absolute atomic E-state index is 16.4. The van der Waals surface area contributed by atoms with E-state index in [1.165, 1.54) is 38.2 Å². The first kappa shape index (κ1) is 25.1. The Morgan fingerprint density at radius 3 is 2.51 bits per heavy atom. The van der Waals surface area contributed by atoms with Crippen LogP contribution >= 0.6 is 0 Å². The first-order valence-corrected chi connectivity index (χ1v) is 14.7. The summed E-state index contributed by atoms with van der Waals surface area (Å²) in [5.74, 6) is 0.967. The molecule has 4 fully saturated rings. The average Bonchev–Trinajstić information content (AvgIpc) is 3.60. The van der Waals surface area contributed by atoms with Crippen LogP contribution < -0.4 is 9.64 Å². The summed E-state index contributed by atoms with van der Waals surface area (Å²) < 4.78 is 37.6. The molecule has 6 nitrogen and oxygen atoms in total. The lowest BCUT2D eigenvalue weighted by atomic mass is 9.94. The van der Waals surface area contributed by atoms with Gasteiger partial charge in [-0.25, -0.2) is 8.78 Å². The molecule has 8 heteroatoms. The molecule has 1 saturated carbocycles. The second-order valence-corrected chi connectivity index (χ2v) is 12.5. The van der Waals surface area contributed by atoms with Crippen molar-refractivity contribution in [2.24, 2.45) is 11.8 Å². The molecular weight excluding hydrogens is 496 g/mol. The summed E-state index contributed by atoms with van der Waals surface area (Å²) in [6, 6.07) is 5.00. The van der Waals surface area contributed by atoms with Crippen LogP contribution in [0.15, 0.2) is 24.4 Å². The molecule has 2 bridgehead atoms. The molecular formula is C31H37F2N5O. The van der Waals surface area contributed by atoms with Crippen LogP contribution in [-0.4, -0.2) is 58.2 Å². The molecule has 39 heavy (non-hydrogen) atoms. The monoisotopic (exact) mass is 533 g/mol. The number of piperidine rings is 1. The number of rotatable bonds is 6. The summed E-state index contributed by atoms with van der Waals surface area (Å²) in [4.78, 5) is 18.9. The Kier molecular flexibility index (Phi) is 6.21. The number of hydrogen-bond donors (Lipinski definition) is 0. The minimum absolute atomic E-state index is 0.0401. The van der Waals surface area contributed by atoms with Crippen LogP contribution in [0, 0.1) is 23.5 Å². The maximum atomic E-state index is 16.4. The SMILES string of the molecule is CC(C)c1c(F)cccc1-c1ncc2c(N3CC4CCC(C4)C3)nc(OCC34CCCN3CCC4)nc2c1F. The van der Waals surface area contributed by atoms with E-state index in [9.17, 15) is 4.39 Å². The third kappa shape index (κ3) is 4.26. The van der Waals surface area contributed by atoms with Crippen LogP contribution in [-0.2, 0) is 0 Å². The van der Waals surface area contributed by atoms with Gasteiger partial charge < -0.3 is 9.64 Å². The standard InChI is InChI=1S/C31H37F2N5O/c1-19(2)25-22(6-3-7-24(25)32)27-26(33)28-23(15-34-27)29(37-16-20-8-9-21(14-20)17-37)36-30(35-28)39-18-31-10-4-12-38(31)13-5-11-31/h3,6-7,15,19-21H,4-5,8-14,16-18H2,1-2H3. The fourth-order valence-corrected chi connectivity index (χ4v) is 7.89. The van der Waals surface area contributed by atoms with E-state index in [0.717, 1.165) is 39.0 Å². The van der Waals surface area contributed by atoms with Gasteiger partial charge in [-0.3, -0.25) is 9.88 Å². The molecule has 0 spiro atoms. The fraction of sp³-hybridized carbons (Fsp3) is 0.581. The van der Waals surface area contributed by atoms with Crippen molar-refractivity contribution >= 4 is 16.7 Å². The number of anilines is 1. The highest BCUT2D eigenvalue weighted by Gasteiger charge is 2.45. The van der Waals surface area contributed by atoms with Crippen LogP contribution in [0.1, 0.15) is 70.3 Å². The largest absolute Gasteiger partial charge is 0.461 e. The number of pyridine rings is 1. The summed E-state index contributed by atoms with van der Waals surface area (Å²) in [7, 11) is 0. The lowest BCUT2D eigenvalue weighted by molar-refractivity contribution is 0.108. The number of benzene rings is 1. The second kappa shape index (κ2) is 9.65. The molecule has 2 atom stereocenters. The smallest absolute Gasteiger partial charge is 0.319 e. The lowest BCUT2D eigenvalue weighted by Crippen LogP contribution is -2.43. The topological polar surface area (TPSA) is 54.4 Å². The van der Waals surface area contributed by atoms with E-state index in [4.69, 9.17) is 9.72 Å². The van der Waals surface area contributed by atoms with E-state index in [-0.39, 0.29) is 34.5 Å². The van der Waals surface area contributed by atoms with E-state index in [1.54, 1.807) is 18.3 Å². The number of aromatic nitrogens is 3. The first-order valence-electron chi connectivity index (χ1n) is 14.7. The second-order valence-electron chi connectivity index (χ2n) is 12.5. The number of halogens is 2. The van der Waals surface area contributed by atoms with Crippen LogP contribution in [0.5, 0.6) is 6.01 Å². The Morgan fingerprint density at radius 1 is 1.05 bits per heavy atom. The van der Waals surface area contributed by atoms with Gasteiger partial charge in [-0.2, -0.15) is 9.97 Å².